The van der Waals surface area contributed by atoms with Crippen LogP contribution in [-0.2, 0) is 65.4 Å². The number of unbranched alkanes of at least 4 members (excludes halogenated alkanes) is 48. The molecular weight excluding hydrogens is 1280 g/mol. The lowest BCUT2D eigenvalue weighted by atomic mass is 10.0. The van der Waals surface area contributed by atoms with Crippen molar-refractivity contribution in [2.24, 2.45) is 11.8 Å². The van der Waals surface area contributed by atoms with Gasteiger partial charge in [0.1, 0.15) is 19.3 Å². The Morgan fingerprint density at radius 1 is 0.276 bits per heavy atom. The lowest BCUT2D eigenvalue weighted by Crippen LogP contribution is -2.30. The lowest BCUT2D eigenvalue weighted by molar-refractivity contribution is -0.161. The van der Waals surface area contributed by atoms with Crippen molar-refractivity contribution in [3.63, 3.8) is 0 Å². The number of hydrogen-bond donors (Lipinski definition) is 3. The minimum Gasteiger partial charge on any atom is -0.462 e. The molecule has 2 unspecified atom stereocenters. The van der Waals surface area contributed by atoms with E-state index in [0.717, 1.165) is 102 Å². The zero-order valence-electron chi connectivity index (χ0n) is 64.1. The summed E-state index contributed by atoms with van der Waals surface area (Å²) in [6.45, 7) is 9.53. The van der Waals surface area contributed by atoms with Crippen LogP contribution in [0.3, 0.4) is 0 Å². The Hall–Kier alpha value is -1.94. The van der Waals surface area contributed by atoms with Gasteiger partial charge >= 0.3 is 39.5 Å². The standard InChI is InChI=1S/C79H154O17P2/c1-7-9-11-13-15-17-19-21-23-24-25-26-27-28-29-30-32-34-36-45-51-57-63-78(83)95-74(67-89-76(81)61-55-49-43-35-33-31-22-20-18-16-14-12-10-8-2)69-93-97(85,86)91-65-73(80)66-92-98(87,88)94-70-75(96-79(84)64-58-52-46-40-38-42-48-54-60-72(5)6)68-90-77(82)62-56-50-44-39-37-41-47-53-59-71(3)4/h71-75,80H,7-70H2,1-6H3,(H,85,86)(H,87,88)/t73-,74-,75-/m1/s1. The SMILES string of the molecule is CCCCCCCCCCCCCCCCCCCCCCCCC(=O)O[C@H](COC(=O)CCCCCCCCCCCCCCCC)COP(=O)(O)OC[C@@H](O)COP(=O)(O)OC[C@@H](COC(=O)CCCCCCCCCCC(C)C)OC(=O)CCCCCCCCCCC(C)C. The predicted molar refractivity (Wildman–Crippen MR) is 400 cm³/mol. The summed E-state index contributed by atoms with van der Waals surface area (Å²) in [5.41, 5.74) is 0. The van der Waals surface area contributed by atoms with E-state index >= 15 is 0 Å². The summed E-state index contributed by atoms with van der Waals surface area (Å²) < 4.78 is 68.6. The summed E-state index contributed by atoms with van der Waals surface area (Å²) in [5, 5.41) is 10.6. The van der Waals surface area contributed by atoms with Crippen LogP contribution < -0.4 is 0 Å². The molecule has 5 atom stereocenters. The minimum atomic E-state index is -4.96. The topological polar surface area (TPSA) is 237 Å². The smallest absolute Gasteiger partial charge is 0.462 e. The quantitative estimate of drug-likeness (QED) is 0.0222. The lowest BCUT2D eigenvalue weighted by Gasteiger charge is -2.21. The second kappa shape index (κ2) is 70.7. The van der Waals surface area contributed by atoms with Crippen LogP contribution in [0.4, 0.5) is 0 Å². The fourth-order valence-corrected chi connectivity index (χ4v) is 13.8. The molecule has 0 radical (unpaired) electrons. The first-order chi connectivity index (χ1) is 47.4. The minimum absolute atomic E-state index is 0.104. The molecule has 0 aromatic heterocycles. The Morgan fingerprint density at radius 2 is 0.469 bits per heavy atom. The number of phosphoric ester groups is 2. The number of aliphatic hydroxyl groups is 1. The highest BCUT2D eigenvalue weighted by molar-refractivity contribution is 7.47. The molecule has 0 saturated carbocycles. The van der Waals surface area contributed by atoms with Gasteiger partial charge < -0.3 is 33.8 Å². The molecule has 0 heterocycles. The average molecular weight is 1440 g/mol. The molecule has 0 aromatic carbocycles. The van der Waals surface area contributed by atoms with E-state index in [9.17, 15) is 43.2 Å². The molecule has 3 N–H and O–H groups in total. The van der Waals surface area contributed by atoms with Gasteiger partial charge in [0.05, 0.1) is 26.4 Å². The maximum absolute atomic E-state index is 13.1. The summed E-state index contributed by atoms with van der Waals surface area (Å²) in [5.74, 6) is -0.671. The first-order valence-corrected chi connectivity index (χ1v) is 44.0. The summed E-state index contributed by atoms with van der Waals surface area (Å²) in [6.07, 6.45) is 59.9. The van der Waals surface area contributed by atoms with Crippen molar-refractivity contribution in [3.05, 3.63) is 0 Å². The van der Waals surface area contributed by atoms with Gasteiger partial charge in [0.15, 0.2) is 12.2 Å². The molecule has 0 spiro atoms. The summed E-state index contributed by atoms with van der Waals surface area (Å²) in [7, 11) is -9.91. The van der Waals surface area contributed by atoms with Crippen molar-refractivity contribution >= 4 is 39.5 Å². The van der Waals surface area contributed by atoms with Crippen molar-refractivity contribution < 1.29 is 80.2 Å². The largest absolute Gasteiger partial charge is 0.472 e. The van der Waals surface area contributed by atoms with Crippen molar-refractivity contribution in [3.8, 4) is 0 Å². The molecule has 0 aliphatic heterocycles. The number of hydrogen-bond acceptors (Lipinski definition) is 15. The predicted octanol–water partition coefficient (Wildman–Crippen LogP) is 23.5. The molecule has 17 nitrogen and oxygen atoms in total. The second-order valence-corrected chi connectivity index (χ2v) is 32.3. The molecule has 0 aromatic rings. The number of carbonyl (C=O) groups excluding carboxylic acids is 4. The maximum Gasteiger partial charge on any atom is 0.472 e. The highest BCUT2D eigenvalue weighted by Crippen LogP contribution is 2.45. The van der Waals surface area contributed by atoms with E-state index in [1.54, 1.807) is 0 Å². The van der Waals surface area contributed by atoms with E-state index in [4.69, 9.17) is 37.0 Å². The van der Waals surface area contributed by atoms with Crippen LogP contribution in [0.15, 0.2) is 0 Å². The van der Waals surface area contributed by atoms with Crippen LogP contribution in [0, 0.1) is 11.8 Å². The Bertz CT molecular complexity index is 1890. The van der Waals surface area contributed by atoms with Crippen molar-refractivity contribution in [2.75, 3.05) is 39.6 Å². The van der Waals surface area contributed by atoms with Gasteiger partial charge in [-0.3, -0.25) is 37.3 Å². The Morgan fingerprint density at radius 3 is 0.694 bits per heavy atom. The third-order valence-corrected chi connectivity index (χ3v) is 20.4. The molecule has 0 aliphatic rings. The van der Waals surface area contributed by atoms with Gasteiger partial charge in [-0.1, -0.05) is 363 Å². The van der Waals surface area contributed by atoms with Crippen LogP contribution in [0.25, 0.3) is 0 Å². The zero-order valence-corrected chi connectivity index (χ0v) is 65.9. The highest BCUT2D eigenvalue weighted by atomic mass is 31.2. The van der Waals surface area contributed by atoms with E-state index < -0.39 is 97.5 Å². The van der Waals surface area contributed by atoms with Crippen molar-refractivity contribution in [2.45, 2.75) is 432 Å². The number of rotatable bonds is 78. The fraction of sp³-hybridized carbons (Fsp3) is 0.949. The van der Waals surface area contributed by atoms with Crippen molar-refractivity contribution in [1.82, 2.24) is 0 Å². The number of phosphoric acid groups is 2. The second-order valence-electron chi connectivity index (χ2n) is 29.4. The van der Waals surface area contributed by atoms with E-state index in [2.05, 4.69) is 41.5 Å². The molecule has 19 heteroatoms. The summed E-state index contributed by atoms with van der Waals surface area (Å²) >= 11 is 0. The maximum atomic E-state index is 13.1. The summed E-state index contributed by atoms with van der Waals surface area (Å²) in [6, 6.07) is 0. The van der Waals surface area contributed by atoms with Gasteiger partial charge in [-0.25, -0.2) is 9.13 Å². The van der Waals surface area contributed by atoms with Crippen LogP contribution in [0.5, 0.6) is 0 Å². The number of carbonyl (C=O) groups is 4. The van der Waals surface area contributed by atoms with E-state index in [-0.39, 0.29) is 25.7 Å². The van der Waals surface area contributed by atoms with Gasteiger partial charge in [-0.15, -0.1) is 0 Å². The molecule has 0 saturated heterocycles. The molecule has 0 amide bonds. The average Bonchev–Trinajstić information content (AvgIpc) is 0.979. The number of aliphatic hydroxyl groups excluding tert-OH is 1. The van der Waals surface area contributed by atoms with E-state index in [0.29, 0.717) is 25.7 Å². The third kappa shape index (κ3) is 72.4. The van der Waals surface area contributed by atoms with E-state index in [1.807, 2.05) is 0 Å². The Kier molecular flexibility index (Phi) is 69.3. The van der Waals surface area contributed by atoms with E-state index in [1.165, 1.54) is 231 Å². The van der Waals surface area contributed by atoms with Crippen LogP contribution in [-0.4, -0.2) is 96.7 Å². The van der Waals surface area contributed by atoms with Crippen LogP contribution in [0.2, 0.25) is 0 Å². The normalized spacial score (nSPS) is 13.9. The number of ether oxygens (including phenoxy) is 4. The first-order valence-electron chi connectivity index (χ1n) is 41.0. The van der Waals surface area contributed by atoms with Gasteiger partial charge in [0.2, 0.25) is 0 Å². The zero-order chi connectivity index (χ0) is 72.1. The molecular formula is C79H154O17P2. The summed E-state index contributed by atoms with van der Waals surface area (Å²) in [4.78, 5) is 72.9. The number of esters is 4. The first kappa shape index (κ1) is 96.1. The molecule has 0 fully saturated rings. The van der Waals surface area contributed by atoms with Gasteiger partial charge in [-0.2, -0.15) is 0 Å². The van der Waals surface area contributed by atoms with Crippen LogP contribution >= 0.6 is 15.6 Å². The monoisotopic (exact) mass is 1440 g/mol. The van der Waals surface area contributed by atoms with Crippen LogP contribution in [0.1, 0.15) is 414 Å². The molecule has 0 rings (SSSR count). The molecule has 0 aliphatic carbocycles. The molecule has 98 heavy (non-hydrogen) atoms. The van der Waals surface area contributed by atoms with Gasteiger partial charge in [0, 0.05) is 25.7 Å². The van der Waals surface area contributed by atoms with Crippen molar-refractivity contribution in [1.29, 1.82) is 0 Å². The Labute approximate surface area is 600 Å². The molecule has 582 valence electrons. The Balaban J connectivity index is 5.19. The highest BCUT2D eigenvalue weighted by Gasteiger charge is 2.30. The van der Waals surface area contributed by atoms with Gasteiger partial charge in [-0.05, 0) is 37.5 Å². The third-order valence-electron chi connectivity index (χ3n) is 18.5. The fourth-order valence-electron chi connectivity index (χ4n) is 12.2. The molecule has 0 bridgehead atoms. The van der Waals surface area contributed by atoms with Gasteiger partial charge in [0.25, 0.3) is 0 Å².